The summed E-state index contributed by atoms with van der Waals surface area (Å²) in [6.07, 6.45) is 3.98. The Balaban J connectivity index is 2.49. The van der Waals surface area contributed by atoms with E-state index in [1.165, 1.54) is 17.8 Å². The molecular formula is C10H13NO3S2. The lowest BCUT2D eigenvalue weighted by atomic mass is 10.3. The summed E-state index contributed by atoms with van der Waals surface area (Å²) in [4.78, 5) is 0.879. The van der Waals surface area contributed by atoms with Crippen LogP contribution in [0.4, 0.5) is 0 Å². The first-order valence-electron chi connectivity index (χ1n) is 4.89. The van der Waals surface area contributed by atoms with Gasteiger partial charge in [0.1, 0.15) is 4.90 Å². The molecule has 2 rings (SSSR count). The van der Waals surface area contributed by atoms with E-state index >= 15 is 0 Å². The van der Waals surface area contributed by atoms with Crippen LogP contribution in [0.3, 0.4) is 0 Å². The van der Waals surface area contributed by atoms with E-state index in [0.717, 1.165) is 17.7 Å². The minimum atomic E-state index is -3.72. The van der Waals surface area contributed by atoms with Crippen LogP contribution in [0.1, 0.15) is 12.8 Å². The quantitative estimate of drug-likeness (QED) is 0.834. The number of para-hydroxylation sites is 1. The summed E-state index contributed by atoms with van der Waals surface area (Å²) in [7, 11) is -3.72. The van der Waals surface area contributed by atoms with E-state index in [2.05, 4.69) is 0 Å². The molecule has 1 aliphatic rings. The average Bonchev–Trinajstić information content (AvgIpc) is 3.00. The number of primary sulfonamides is 1. The van der Waals surface area contributed by atoms with Gasteiger partial charge < -0.3 is 4.74 Å². The van der Waals surface area contributed by atoms with Crippen molar-refractivity contribution in [3.05, 3.63) is 18.2 Å². The molecule has 0 spiro atoms. The third-order valence-electron chi connectivity index (χ3n) is 2.28. The standard InChI is InChI=1S/C10H13NO3S2/c1-15-8-3-2-4-9(16(11,12)13)10(8)14-7-5-6-7/h2-4,7H,5-6H2,1H3,(H2,11,12,13). The molecule has 0 saturated heterocycles. The zero-order chi connectivity index (χ0) is 11.8. The molecule has 1 aromatic carbocycles. The maximum atomic E-state index is 11.4. The lowest BCUT2D eigenvalue weighted by Crippen LogP contribution is -2.14. The molecule has 0 aliphatic heterocycles. The van der Waals surface area contributed by atoms with Gasteiger partial charge in [-0.05, 0) is 31.2 Å². The molecule has 0 radical (unpaired) electrons. The lowest BCUT2D eigenvalue weighted by Gasteiger charge is -2.12. The van der Waals surface area contributed by atoms with Crippen LogP contribution in [-0.2, 0) is 10.0 Å². The summed E-state index contributed by atoms with van der Waals surface area (Å²) in [5, 5.41) is 5.16. The molecule has 1 aromatic rings. The van der Waals surface area contributed by atoms with Crippen LogP contribution in [0.25, 0.3) is 0 Å². The van der Waals surface area contributed by atoms with E-state index < -0.39 is 10.0 Å². The molecule has 16 heavy (non-hydrogen) atoms. The topological polar surface area (TPSA) is 69.4 Å². The largest absolute Gasteiger partial charge is 0.488 e. The Labute approximate surface area is 99.2 Å². The van der Waals surface area contributed by atoms with Crippen molar-refractivity contribution in [2.75, 3.05) is 6.26 Å². The van der Waals surface area contributed by atoms with E-state index in [1.54, 1.807) is 6.07 Å². The smallest absolute Gasteiger partial charge is 0.241 e. The van der Waals surface area contributed by atoms with Crippen LogP contribution in [0.15, 0.2) is 28.0 Å². The van der Waals surface area contributed by atoms with Gasteiger partial charge >= 0.3 is 0 Å². The molecule has 1 saturated carbocycles. The van der Waals surface area contributed by atoms with Gasteiger partial charge in [-0.1, -0.05) is 6.07 Å². The lowest BCUT2D eigenvalue weighted by molar-refractivity contribution is 0.287. The molecule has 0 unspecified atom stereocenters. The van der Waals surface area contributed by atoms with Crippen molar-refractivity contribution >= 4 is 21.8 Å². The summed E-state index contributed by atoms with van der Waals surface area (Å²) in [5.74, 6) is 0.403. The van der Waals surface area contributed by atoms with Gasteiger partial charge in [0.25, 0.3) is 0 Å². The van der Waals surface area contributed by atoms with Gasteiger partial charge in [-0.15, -0.1) is 11.8 Å². The Bertz CT molecular complexity index is 495. The third-order valence-corrected chi connectivity index (χ3v) is 3.97. The molecule has 2 N–H and O–H groups in total. The van der Waals surface area contributed by atoms with E-state index in [-0.39, 0.29) is 11.0 Å². The van der Waals surface area contributed by atoms with E-state index in [1.807, 2.05) is 12.3 Å². The maximum Gasteiger partial charge on any atom is 0.241 e. The Morgan fingerprint density at radius 1 is 1.44 bits per heavy atom. The Morgan fingerprint density at radius 2 is 2.12 bits per heavy atom. The SMILES string of the molecule is CSc1cccc(S(N)(=O)=O)c1OC1CC1. The maximum absolute atomic E-state index is 11.4. The highest BCUT2D eigenvalue weighted by atomic mass is 32.2. The zero-order valence-electron chi connectivity index (χ0n) is 8.84. The number of rotatable bonds is 4. The Morgan fingerprint density at radius 3 is 2.62 bits per heavy atom. The van der Waals surface area contributed by atoms with Crippen molar-refractivity contribution in [3.63, 3.8) is 0 Å². The van der Waals surface area contributed by atoms with Gasteiger partial charge in [0.2, 0.25) is 10.0 Å². The van der Waals surface area contributed by atoms with Crippen molar-refractivity contribution in [1.82, 2.24) is 0 Å². The molecule has 0 heterocycles. The Hall–Kier alpha value is -0.720. The predicted octanol–water partition coefficient (Wildman–Crippen LogP) is 1.60. The number of ether oxygens (including phenoxy) is 1. The first-order chi connectivity index (χ1) is 7.52. The highest BCUT2D eigenvalue weighted by molar-refractivity contribution is 7.98. The molecule has 4 nitrogen and oxygen atoms in total. The summed E-state index contributed by atoms with van der Waals surface area (Å²) in [5.41, 5.74) is 0. The molecule has 88 valence electrons. The van der Waals surface area contributed by atoms with Crippen molar-refractivity contribution in [2.24, 2.45) is 5.14 Å². The van der Waals surface area contributed by atoms with Crippen molar-refractivity contribution in [3.8, 4) is 5.75 Å². The fraction of sp³-hybridized carbons (Fsp3) is 0.400. The minimum Gasteiger partial charge on any atom is -0.488 e. The van der Waals surface area contributed by atoms with Crippen LogP contribution < -0.4 is 9.88 Å². The number of benzene rings is 1. The number of nitrogens with two attached hydrogens (primary N) is 1. The van der Waals surface area contributed by atoms with Crippen molar-refractivity contribution in [1.29, 1.82) is 0 Å². The highest BCUT2D eigenvalue weighted by Crippen LogP contribution is 2.37. The highest BCUT2D eigenvalue weighted by Gasteiger charge is 2.28. The van der Waals surface area contributed by atoms with Gasteiger partial charge in [0.15, 0.2) is 5.75 Å². The van der Waals surface area contributed by atoms with Gasteiger partial charge in [-0.2, -0.15) is 0 Å². The normalized spacial score (nSPS) is 16.1. The molecule has 1 aliphatic carbocycles. The average molecular weight is 259 g/mol. The fourth-order valence-electron chi connectivity index (χ4n) is 1.35. The third kappa shape index (κ3) is 2.50. The Kier molecular flexibility index (Phi) is 3.14. The summed E-state index contributed by atoms with van der Waals surface area (Å²) < 4.78 is 28.4. The molecule has 1 fully saturated rings. The summed E-state index contributed by atoms with van der Waals surface area (Å²) in [6.45, 7) is 0. The van der Waals surface area contributed by atoms with Crippen molar-refractivity contribution in [2.45, 2.75) is 28.7 Å². The van der Waals surface area contributed by atoms with E-state index in [9.17, 15) is 8.42 Å². The van der Waals surface area contributed by atoms with E-state index in [0.29, 0.717) is 5.75 Å². The molecular weight excluding hydrogens is 246 g/mol. The number of hydrogen-bond donors (Lipinski definition) is 1. The predicted molar refractivity (Wildman–Crippen MR) is 63.2 cm³/mol. The van der Waals surface area contributed by atoms with Crippen LogP contribution in [-0.4, -0.2) is 20.8 Å². The molecule has 0 bridgehead atoms. The second-order valence-corrected chi connectivity index (χ2v) is 6.03. The van der Waals surface area contributed by atoms with Gasteiger partial charge in [0.05, 0.1) is 11.0 Å². The zero-order valence-corrected chi connectivity index (χ0v) is 10.5. The second kappa shape index (κ2) is 4.27. The molecule has 0 aromatic heterocycles. The monoisotopic (exact) mass is 259 g/mol. The number of hydrogen-bond acceptors (Lipinski definition) is 4. The summed E-state index contributed by atoms with van der Waals surface area (Å²) >= 11 is 1.45. The first-order valence-corrected chi connectivity index (χ1v) is 7.66. The minimum absolute atomic E-state index is 0.0752. The number of thioether (sulfide) groups is 1. The van der Waals surface area contributed by atoms with Crippen LogP contribution in [0.2, 0.25) is 0 Å². The summed E-state index contributed by atoms with van der Waals surface area (Å²) in [6, 6.07) is 4.98. The van der Waals surface area contributed by atoms with Gasteiger partial charge in [0, 0.05) is 0 Å². The molecule has 0 atom stereocenters. The van der Waals surface area contributed by atoms with Crippen LogP contribution in [0, 0.1) is 0 Å². The van der Waals surface area contributed by atoms with E-state index in [4.69, 9.17) is 9.88 Å². The van der Waals surface area contributed by atoms with Gasteiger partial charge in [-0.25, -0.2) is 13.6 Å². The van der Waals surface area contributed by atoms with Crippen LogP contribution in [0.5, 0.6) is 5.75 Å². The second-order valence-electron chi connectivity index (χ2n) is 3.65. The van der Waals surface area contributed by atoms with Crippen LogP contribution >= 0.6 is 11.8 Å². The first kappa shape index (κ1) is 11.8. The fourth-order valence-corrected chi connectivity index (χ4v) is 2.66. The molecule has 6 heteroatoms. The number of sulfonamides is 1. The molecule has 0 amide bonds. The van der Waals surface area contributed by atoms with Gasteiger partial charge in [-0.3, -0.25) is 0 Å². The van der Waals surface area contributed by atoms with Crippen molar-refractivity contribution < 1.29 is 13.2 Å².